The average Bonchev–Trinajstić information content (AvgIpc) is 2.81. The van der Waals surface area contributed by atoms with Crippen molar-refractivity contribution in [3.63, 3.8) is 0 Å². The standard InChI is InChI=1S/C11H13N3O3/c1-2-14-10(16)7-5-13(9(15)3-4-12)6-8(7)11(14)17/h7-8H,2-3,5-6H2,1H3/t7-,8+. The van der Waals surface area contributed by atoms with Gasteiger partial charge < -0.3 is 4.90 Å². The molecule has 3 amide bonds. The average molecular weight is 235 g/mol. The molecule has 2 heterocycles. The number of nitriles is 1. The van der Waals surface area contributed by atoms with E-state index in [1.807, 2.05) is 0 Å². The number of hydrogen-bond acceptors (Lipinski definition) is 4. The topological polar surface area (TPSA) is 81.5 Å². The maximum Gasteiger partial charge on any atom is 0.236 e. The predicted octanol–water partition coefficient (Wildman–Crippen LogP) is -0.637. The first-order valence-corrected chi connectivity index (χ1v) is 5.60. The highest BCUT2D eigenvalue weighted by atomic mass is 16.2. The molecule has 2 fully saturated rings. The van der Waals surface area contributed by atoms with Crippen molar-refractivity contribution in [2.24, 2.45) is 11.8 Å². The number of amides is 3. The minimum Gasteiger partial charge on any atom is -0.340 e. The number of carbonyl (C=O) groups excluding carboxylic acids is 3. The summed E-state index contributed by atoms with van der Waals surface area (Å²) in [4.78, 5) is 37.9. The zero-order chi connectivity index (χ0) is 12.6. The van der Waals surface area contributed by atoms with Crippen LogP contribution in [-0.4, -0.2) is 47.2 Å². The molecule has 2 aliphatic heterocycles. The van der Waals surface area contributed by atoms with Crippen LogP contribution in [0.4, 0.5) is 0 Å². The molecule has 0 bridgehead atoms. The van der Waals surface area contributed by atoms with Crippen molar-refractivity contribution in [3.8, 4) is 6.07 Å². The van der Waals surface area contributed by atoms with Gasteiger partial charge in [0.15, 0.2) is 0 Å². The number of fused-ring (bicyclic) bond motifs is 1. The first kappa shape index (κ1) is 11.6. The van der Waals surface area contributed by atoms with E-state index < -0.39 is 11.8 Å². The van der Waals surface area contributed by atoms with E-state index in [1.54, 1.807) is 13.0 Å². The van der Waals surface area contributed by atoms with Gasteiger partial charge in [-0.1, -0.05) is 0 Å². The van der Waals surface area contributed by atoms with E-state index in [1.165, 1.54) is 9.80 Å². The molecule has 0 saturated carbocycles. The van der Waals surface area contributed by atoms with Gasteiger partial charge in [0.05, 0.1) is 17.9 Å². The zero-order valence-corrected chi connectivity index (χ0v) is 9.55. The number of rotatable bonds is 2. The van der Waals surface area contributed by atoms with Crippen molar-refractivity contribution in [2.75, 3.05) is 19.6 Å². The Morgan fingerprint density at radius 2 is 1.88 bits per heavy atom. The molecule has 2 rings (SSSR count). The highest BCUT2D eigenvalue weighted by molar-refractivity contribution is 6.06. The molecule has 2 saturated heterocycles. The van der Waals surface area contributed by atoms with Crippen molar-refractivity contribution in [1.82, 2.24) is 9.80 Å². The van der Waals surface area contributed by atoms with E-state index in [0.717, 1.165) is 0 Å². The van der Waals surface area contributed by atoms with Crippen LogP contribution in [0.3, 0.4) is 0 Å². The number of imide groups is 1. The molecule has 90 valence electrons. The Morgan fingerprint density at radius 1 is 1.35 bits per heavy atom. The molecule has 0 aromatic rings. The van der Waals surface area contributed by atoms with E-state index in [9.17, 15) is 14.4 Å². The Labute approximate surface area is 98.8 Å². The lowest BCUT2D eigenvalue weighted by Gasteiger charge is -2.18. The first-order chi connectivity index (χ1) is 8.10. The van der Waals surface area contributed by atoms with Crippen LogP contribution in [0.1, 0.15) is 13.3 Å². The largest absolute Gasteiger partial charge is 0.340 e. The fourth-order valence-electron chi connectivity index (χ4n) is 2.51. The van der Waals surface area contributed by atoms with Crippen LogP contribution in [0.25, 0.3) is 0 Å². The maximum atomic E-state index is 11.9. The fourth-order valence-corrected chi connectivity index (χ4v) is 2.51. The second-order valence-electron chi connectivity index (χ2n) is 4.27. The van der Waals surface area contributed by atoms with Gasteiger partial charge in [0.25, 0.3) is 0 Å². The molecule has 6 nitrogen and oxygen atoms in total. The van der Waals surface area contributed by atoms with Crippen molar-refractivity contribution in [2.45, 2.75) is 13.3 Å². The van der Waals surface area contributed by atoms with Crippen molar-refractivity contribution in [3.05, 3.63) is 0 Å². The number of nitrogens with zero attached hydrogens (tertiary/aromatic N) is 3. The van der Waals surface area contributed by atoms with Gasteiger partial charge in [0.1, 0.15) is 6.42 Å². The highest BCUT2D eigenvalue weighted by Crippen LogP contribution is 2.33. The van der Waals surface area contributed by atoms with Crippen LogP contribution in [0.2, 0.25) is 0 Å². The maximum absolute atomic E-state index is 11.9. The molecule has 0 radical (unpaired) electrons. The van der Waals surface area contributed by atoms with Crippen LogP contribution >= 0.6 is 0 Å². The highest BCUT2D eigenvalue weighted by Gasteiger charge is 2.52. The lowest BCUT2D eigenvalue weighted by molar-refractivity contribution is -0.140. The van der Waals surface area contributed by atoms with E-state index in [0.29, 0.717) is 6.54 Å². The minimum absolute atomic E-state index is 0.185. The fraction of sp³-hybridized carbons (Fsp3) is 0.636. The van der Waals surface area contributed by atoms with Crippen LogP contribution in [-0.2, 0) is 14.4 Å². The van der Waals surface area contributed by atoms with Gasteiger partial charge >= 0.3 is 0 Å². The molecule has 0 unspecified atom stereocenters. The summed E-state index contributed by atoms with van der Waals surface area (Å²) in [5, 5.41) is 8.44. The number of hydrogen-bond donors (Lipinski definition) is 0. The summed E-state index contributed by atoms with van der Waals surface area (Å²) in [6, 6.07) is 1.78. The summed E-state index contributed by atoms with van der Waals surface area (Å²) in [5.74, 6) is -1.47. The van der Waals surface area contributed by atoms with Gasteiger partial charge in [-0.25, -0.2) is 0 Å². The van der Waals surface area contributed by atoms with Crippen LogP contribution < -0.4 is 0 Å². The Morgan fingerprint density at radius 3 is 2.29 bits per heavy atom. The molecule has 0 spiro atoms. The van der Waals surface area contributed by atoms with E-state index >= 15 is 0 Å². The Balaban J connectivity index is 2.10. The number of likely N-dealkylation sites (tertiary alicyclic amines) is 2. The molecular formula is C11H13N3O3. The predicted molar refractivity (Wildman–Crippen MR) is 56.2 cm³/mol. The van der Waals surface area contributed by atoms with Gasteiger partial charge in [-0.15, -0.1) is 0 Å². The van der Waals surface area contributed by atoms with Crippen molar-refractivity contribution in [1.29, 1.82) is 5.26 Å². The summed E-state index contributed by atoms with van der Waals surface area (Å²) >= 11 is 0. The zero-order valence-electron chi connectivity index (χ0n) is 9.55. The third-order valence-corrected chi connectivity index (χ3v) is 3.39. The third-order valence-electron chi connectivity index (χ3n) is 3.39. The van der Waals surface area contributed by atoms with E-state index in [4.69, 9.17) is 5.26 Å². The lowest BCUT2D eigenvalue weighted by Crippen LogP contribution is -2.37. The number of carbonyl (C=O) groups is 3. The summed E-state index contributed by atoms with van der Waals surface area (Å²) in [5.41, 5.74) is 0. The molecular weight excluding hydrogens is 222 g/mol. The first-order valence-electron chi connectivity index (χ1n) is 5.60. The Hall–Kier alpha value is -1.90. The smallest absolute Gasteiger partial charge is 0.236 e. The second-order valence-corrected chi connectivity index (χ2v) is 4.27. The Bertz CT molecular complexity index is 402. The SMILES string of the molecule is CCN1C(=O)[C@H]2CN(C(=O)CC#N)C[C@H]2C1=O. The summed E-state index contributed by atoms with van der Waals surface area (Å²) in [6.07, 6.45) is -0.195. The Kier molecular flexibility index (Phi) is 2.84. The molecule has 0 aliphatic carbocycles. The van der Waals surface area contributed by atoms with Gasteiger partial charge in [-0.2, -0.15) is 5.26 Å². The molecule has 0 N–H and O–H groups in total. The molecule has 17 heavy (non-hydrogen) atoms. The minimum atomic E-state index is -0.398. The third kappa shape index (κ3) is 1.68. The lowest BCUT2D eigenvalue weighted by atomic mass is 10.00. The second kappa shape index (κ2) is 4.17. The molecule has 2 aliphatic rings. The summed E-state index contributed by atoms with van der Waals surface area (Å²) in [6.45, 7) is 2.69. The van der Waals surface area contributed by atoms with Gasteiger partial charge in [0.2, 0.25) is 17.7 Å². The van der Waals surface area contributed by atoms with E-state index in [-0.39, 0.29) is 37.2 Å². The van der Waals surface area contributed by atoms with Crippen LogP contribution in [0.5, 0.6) is 0 Å². The molecule has 0 aromatic carbocycles. The van der Waals surface area contributed by atoms with Crippen LogP contribution in [0, 0.1) is 23.2 Å². The van der Waals surface area contributed by atoms with Gasteiger partial charge in [-0.05, 0) is 6.92 Å². The quantitative estimate of drug-likeness (QED) is 0.596. The van der Waals surface area contributed by atoms with E-state index in [2.05, 4.69) is 0 Å². The molecule has 0 aromatic heterocycles. The van der Waals surface area contributed by atoms with Crippen molar-refractivity contribution < 1.29 is 14.4 Å². The molecule has 6 heteroatoms. The van der Waals surface area contributed by atoms with Gasteiger partial charge in [0, 0.05) is 19.6 Å². The summed E-state index contributed by atoms with van der Waals surface area (Å²) in [7, 11) is 0. The monoisotopic (exact) mass is 235 g/mol. The summed E-state index contributed by atoms with van der Waals surface area (Å²) < 4.78 is 0. The van der Waals surface area contributed by atoms with Crippen LogP contribution in [0.15, 0.2) is 0 Å². The molecule has 2 atom stereocenters. The normalized spacial score (nSPS) is 27.3. The van der Waals surface area contributed by atoms with Gasteiger partial charge in [-0.3, -0.25) is 19.3 Å². The van der Waals surface area contributed by atoms with Crippen molar-refractivity contribution >= 4 is 17.7 Å².